The maximum absolute atomic E-state index is 3.15. The molecule has 0 spiro atoms. The Morgan fingerprint density at radius 1 is 1.07 bits per heavy atom. The lowest BCUT2D eigenvalue weighted by molar-refractivity contribution is -0.883. The van der Waals surface area contributed by atoms with Gasteiger partial charge in [0.05, 0.1) is 20.6 Å². The maximum atomic E-state index is 3.15. The lowest BCUT2D eigenvalue weighted by Crippen LogP contribution is -3.00. The van der Waals surface area contributed by atoms with Crippen LogP contribution in [0.2, 0.25) is 0 Å². The van der Waals surface area contributed by atoms with Gasteiger partial charge < -0.3 is 21.5 Å². The van der Waals surface area contributed by atoms with Crippen LogP contribution in [0.3, 0.4) is 0 Å². The number of halogens is 1. The van der Waals surface area contributed by atoms with Gasteiger partial charge in [-0.25, -0.2) is 0 Å². The summed E-state index contributed by atoms with van der Waals surface area (Å²) in [6.45, 7) is 6.41. The Balaban J connectivity index is 0. The van der Waals surface area contributed by atoms with Crippen molar-refractivity contribution in [2.24, 2.45) is 0 Å². The number of hydrogen-bond donors (Lipinski definition) is 0. The summed E-state index contributed by atoms with van der Waals surface area (Å²) in [6, 6.07) is 0. The topological polar surface area (TPSA) is 0 Å². The van der Waals surface area contributed by atoms with Gasteiger partial charge >= 0.3 is 0 Å². The van der Waals surface area contributed by atoms with E-state index in [1.807, 2.05) is 6.92 Å². The van der Waals surface area contributed by atoms with Gasteiger partial charge in [0.2, 0.25) is 0 Å². The molecule has 0 aliphatic rings. The molecule has 0 aromatic carbocycles. The molecule has 0 heterocycles. The van der Waals surface area contributed by atoms with Crippen LogP contribution in [0.4, 0.5) is 0 Å². The molecule has 0 saturated heterocycles. The van der Waals surface area contributed by atoms with E-state index in [1.165, 1.54) is 32.2 Å². The Morgan fingerprint density at radius 3 is 2.21 bits per heavy atom. The van der Waals surface area contributed by atoms with Gasteiger partial charge in [-0.2, -0.15) is 0 Å². The van der Waals surface area contributed by atoms with Crippen molar-refractivity contribution in [3.05, 3.63) is 0 Å². The minimum Gasteiger partial charge on any atom is -1.00 e. The summed E-state index contributed by atoms with van der Waals surface area (Å²) in [4.78, 5) is 0. The highest BCUT2D eigenvalue weighted by atomic mass is 79.9. The molecule has 0 saturated carbocycles. The van der Waals surface area contributed by atoms with Gasteiger partial charge in [-0.1, -0.05) is 19.8 Å². The first-order chi connectivity index (χ1) is 6.12. The summed E-state index contributed by atoms with van der Waals surface area (Å²) in [5, 5.41) is 0. The average molecular weight is 262 g/mol. The third-order valence-electron chi connectivity index (χ3n) is 2.30. The summed E-state index contributed by atoms with van der Waals surface area (Å²) >= 11 is 0. The summed E-state index contributed by atoms with van der Waals surface area (Å²) in [5.74, 6) is 6.11. The average Bonchev–Trinajstić information content (AvgIpc) is 2.09. The van der Waals surface area contributed by atoms with Gasteiger partial charge in [-0.15, -0.1) is 5.92 Å². The van der Waals surface area contributed by atoms with Crippen LogP contribution in [0.5, 0.6) is 0 Å². The fourth-order valence-corrected chi connectivity index (χ4v) is 1.34. The molecule has 0 rings (SSSR count). The highest BCUT2D eigenvalue weighted by molar-refractivity contribution is 4.94. The van der Waals surface area contributed by atoms with Crippen LogP contribution in [0.15, 0.2) is 0 Å². The summed E-state index contributed by atoms with van der Waals surface area (Å²) < 4.78 is 1.05. The first-order valence-corrected chi connectivity index (χ1v) is 5.34. The molecule has 2 heteroatoms. The zero-order valence-corrected chi connectivity index (χ0v) is 11.7. The van der Waals surface area contributed by atoms with Crippen molar-refractivity contribution in [1.82, 2.24) is 0 Å². The van der Waals surface area contributed by atoms with E-state index in [4.69, 9.17) is 0 Å². The van der Waals surface area contributed by atoms with Crippen LogP contribution in [0.25, 0.3) is 0 Å². The van der Waals surface area contributed by atoms with Crippen LogP contribution in [-0.4, -0.2) is 31.7 Å². The van der Waals surface area contributed by atoms with E-state index in [0.717, 1.165) is 11.0 Å². The third kappa shape index (κ3) is 10.1. The zero-order chi connectivity index (χ0) is 10.2. The Hall–Kier alpha value is 0. The molecule has 0 aromatic heterocycles. The van der Waals surface area contributed by atoms with E-state index in [9.17, 15) is 0 Å². The highest BCUT2D eigenvalue weighted by Crippen LogP contribution is 2.04. The summed E-state index contributed by atoms with van der Waals surface area (Å²) in [6.07, 6.45) is 5.41. The second kappa shape index (κ2) is 9.55. The molecule has 0 radical (unpaired) electrons. The van der Waals surface area contributed by atoms with E-state index >= 15 is 0 Å². The van der Waals surface area contributed by atoms with E-state index in [2.05, 4.69) is 32.9 Å². The number of hydrogen-bond acceptors (Lipinski definition) is 0. The number of quaternary nitrogens is 1. The maximum Gasteiger partial charge on any atom is 0.140 e. The standard InChI is InChI=1S/C12H24N.BrH/c1-5-7-9-10-12-13(3,4)11-8-6-2;/h5,7,9-12H2,1-4H3;1H/q+1;/p-1. The number of unbranched alkanes of at least 4 members (excludes halogenated alkanes) is 3. The predicted octanol–water partition coefficient (Wildman–Crippen LogP) is -0.330. The molecule has 1 nitrogen and oxygen atoms in total. The summed E-state index contributed by atoms with van der Waals surface area (Å²) in [5.41, 5.74) is 0. The molecule has 0 atom stereocenters. The fraction of sp³-hybridized carbons (Fsp3) is 0.833. The van der Waals surface area contributed by atoms with Crippen molar-refractivity contribution < 1.29 is 21.5 Å². The molecule has 14 heavy (non-hydrogen) atoms. The monoisotopic (exact) mass is 261 g/mol. The minimum absolute atomic E-state index is 0. The Morgan fingerprint density at radius 2 is 1.71 bits per heavy atom. The van der Waals surface area contributed by atoms with Crippen molar-refractivity contribution in [2.75, 3.05) is 27.2 Å². The predicted molar refractivity (Wildman–Crippen MR) is 59.4 cm³/mol. The Kier molecular flexibility index (Phi) is 11.2. The van der Waals surface area contributed by atoms with Crippen LogP contribution in [0.1, 0.15) is 39.5 Å². The van der Waals surface area contributed by atoms with Crippen molar-refractivity contribution in [3.63, 3.8) is 0 Å². The molecular weight excluding hydrogens is 238 g/mol. The largest absolute Gasteiger partial charge is 1.00 e. The molecule has 0 aliphatic carbocycles. The van der Waals surface area contributed by atoms with Gasteiger partial charge in [-0.05, 0) is 25.7 Å². The van der Waals surface area contributed by atoms with Crippen LogP contribution >= 0.6 is 0 Å². The lowest BCUT2D eigenvalue weighted by Gasteiger charge is -2.27. The van der Waals surface area contributed by atoms with Crippen molar-refractivity contribution in [2.45, 2.75) is 39.5 Å². The summed E-state index contributed by atoms with van der Waals surface area (Å²) in [7, 11) is 4.52. The molecule has 0 fully saturated rings. The molecule has 0 N–H and O–H groups in total. The zero-order valence-electron chi connectivity index (χ0n) is 10.1. The van der Waals surface area contributed by atoms with Crippen LogP contribution in [-0.2, 0) is 0 Å². The lowest BCUT2D eigenvalue weighted by atomic mass is 10.2. The molecule has 84 valence electrons. The first kappa shape index (κ1) is 16.4. The Labute approximate surface area is 100 Å². The molecule has 0 bridgehead atoms. The Bertz CT molecular complexity index is 176. The van der Waals surface area contributed by atoms with Gasteiger partial charge in [0, 0.05) is 0 Å². The van der Waals surface area contributed by atoms with Gasteiger partial charge in [0.15, 0.2) is 0 Å². The molecule has 0 amide bonds. The molecular formula is C12H24BrN. The molecule has 0 aliphatic heterocycles. The minimum atomic E-state index is 0. The van der Waals surface area contributed by atoms with E-state index in [-0.39, 0.29) is 17.0 Å². The normalized spacial score (nSPS) is 10.0. The van der Waals surface area contributed by atoms with Gasteiger partial charge in [0.1, 0.15) is 6.54 Å². The quantitative estimate of drug-likeness (QED) is 0.349. The molecule has 0 unspecified atom stereocenters. The number of nitrogens with zero attached hydrogens (tertiary/aromatic N) is 1. The van der Waals surface area contributed by atoms with Gasteiger partial charge in [-0.3, -0.25) is 0 Å². The van der Waals surface area contributed by atoms with Gasteiger partial charge in [0.25, 0.3) is 0 Å². The molecule has 0 aromatic rings. The second-order valence-electron chi connectivity index (χ2n) is 4.30. The van der Waals surface area contributed by atoms with Crippen molar-refractivity contribution in [1.29, 1.82) is 0 Å². The third-order valence-corrected chi connectivity index (χ3v) is 2.30. The SMILES string of the molecule is CC#CC[N+](C)(C)CCCCCC.[Br-]. The van der Waals surface area contributed by atoms with Crippen molar-refractivity contribution >= 4 is 0 Å². The van der Waals surface area contributed by atoms with Crippen LogP contribution in [0, 0.1) is 11.8 Å². The van der Waals surface area contributed by atoms with E-state index in [1.54, 1.807) is 0 Å². The smallest absolute Gasteiger partial charge is 0.140 e. The highest BCUT2D eigenvalue weighted by Gasteiger charge is 2.11. The fourth-order valence-electron chi connectivity index (χ4n) is 1.34. The van der Waals surface area contributed by atoms with E-state index < -0.39 is 0 Å². The second-order valence-corrected chi connectivity index (χ2v) is 4.30. The van der Waals surface area contributed by atoms with E-state index in [0.29, 0.717) is 0 Å². The van der Waals surface area contributed by atoms with Crippen molar-refractivity contribution in [3.8, 4) is 11.8 Å². The van der Waals surface area contributed by atoms with Crippen LogP contribution < -0.4 is 17.0 Å². The number of rotatable bonds is 6. The first-order valence-electron chi connectivity index (χ1n) is 5.34.